The molecule has 0 spiro atoms. The molecule has 1 aliphatic heterocycles. The molecule has 0 bridgehead atoms. The van der Waals surface area contributed by atoms with Crippen molar-refractivity contribution in [2.45, 2.75) is 44.1 Å². The minimum absolute atomic E-state index is 0.127. The summed E-state index contributed by atoms with van der Waals surface area (Å²) in [6.07, 6.45) is 0.374. The van der Waals surface area contributed by atoms with Crippen LogP contribution in [0.1, 0.15) is 35.2 Å². The number of rotatable bonds is 7. The minimum Gasteiger partial charge on any atom is -0.394 e. The number of aliphatic hydroxyl groups is 1. The molecule has 3 N–H and O–H groups in total. The van der Waals surface area contributed by atoms with E-state index in [0.29, 0.717) is 19.4 Å². The molecule has 0 aromatic heterocycles. The quantitative estimate of drug-likeness (QED) is 0.665. The van der Waals surface area contributed by atoms with Gasteiger partial charge in [-0.05, 0) is 36.6 Å². The van der Waals surface area contributed by atoms with Gasteiger partial charge in [0.25, 0.3) is 5.91 Å². The Kier molecular flexibility index (Phi) is 7.32. The highest BCUT2D eigenvalue weighted by Gasteiger charge is 2.33. The Hall–Kier alpha value is -2.77. The highest BCUT2D eigenvalue weighted by atomic mass is 19.1. The summed E-state index contributed by atoms with van der Waals surface area (Å²) < 4.78 is 19.1. The van der Waals surface area contributed by atoms with Crippen LogP contribution in [0.15, 0.2) is 54.6 Å². The SMILES string of the molecule is O=C(C[C@@H]1CC[C@H](NC(=O)c2cccc(F)c2)[C@H](CO)O1)NCc1ccccc1. The zero-order chi connectivity index (χ0) is 20.6. The largest absolute Gasteiger partial charge is 0.394 e. The van der Waals surface area contributed by atoms with Crippen LogP contribution in [0.2, 0.25) is 0 Å². The van der Waals surface area contributed by atoms with Crippen molar-refractivity contribution in [2.24, 2.45) is 0 Å². The standard InChI is InChI=1S/C22H25FN2O4/c23-17-8-4-7-16(11-17)22(28)25-19-10-9-18(29-20(19)14-26)12-21(27)24-13-15-5-2-1-3-6-15/h1-8,11,18-20,26H,9-10,12-14H2,(H,24,27)(H,25,28)/t18-,19-,20-/m0/s1. The smallest absolute Gasteiger partial charge is 0.251 e. The number of amides is 2. The third-order valence-electron chi connectivity index (χ3n) is 4.94. The molecule has 2 aromatic carbocycles. The van der Waals surface area contributed by atoms with Crippen LogP contribution in [0.4, 0.5) is 4.39 Å². The fourth-order valence-electron chi connectivity index (χ4n) is 3.40. The van der Waals surface area contributed by atoms with E-state index in [9.17, 15) is 19.1 Å². The molecule has 29 heavy (non-hydrogen) atoms. The first kappa shape index (κ1) is 21.0. The Morgan fingerprint density at radius 1 is 1.10 bits per heavy atom. The molecule has 1 saturated heterocycles. The summed E-state index contributed by atoms with van der Waals surface area (Å²) in [4.78, 5) is 24.5. The van der Waals surface area contributed by atoms with E-state index in [2.05, 4.69) is 10.6 Å². The summed E-state index contributed by atoms with van der Waals surface area (Å²) in [6.45, 7) is 0.165. The number of carbonyl (C=O) groups is 2. The van der Waals surface area contributed by atoms with Crippen LogP contribution in [0.3, 0.4) is 0 Å². The van der Waals surface area contributed by atoms with Gasteiger partial charge in [-0.2, -0.15) is 0 Å². The van der Waals surface area contributed by atoms with Crippen LogP contribution in [-0.2, 0) is 16.1 Å². The van der Waals surface area contributed by atoms with E-state index in [1.165, 1.54) is 18.2 Å². The van der Waals surface area contributed by atoms with Gasteiger partial charge in [-0.25, -0.2) is 4.39 Å². The molecule has 2 amide bonds. The summed E-state index contributed by atoms with van der Waals surface area (Å²) in [5.41, 5.74) is 1.22. The molecular weight excluding hydrogens is 375 g/mol. The number of halogens is 1. The Morgan fingerprint density at radius 2 is 1.90 bits per heavy atom. The van der Waals surface area contributed by atoms with Crippen molar-refractivity contribution in [1.29, 1.82) is 0 Å². The van der Waals surface area contributed by atoms with E-state index in [-0.39, 0.29) is 30.6 Å². The average Bonchev–Trinajstić information content (AvgIpc) is 2.74. The second kappa shape index (κ2) is 10.1. The van der Waals surface area contributed by atoms with Gasteiger partial charge >= 0.3 is 0 Å². The average molecular weight is 400 g/mol. The van der Waals surface area contributed by atoms with E-state index in [4.69, 9.17) is 4.74 Å². The number of hydrogen-bond acceptors (Lipinski definition) is 4. The first-order chi connectivity index (χ1) is 14.0. The fraction of sp³-hybridized carbons (Fsp3) is 0.364. The number of carbonyl (C=O) groups excluding carboxylic acids is 2. The highest BCUT2D eigenvalue weighted by molar-refractivity contribution is 5.94. The van der Waals surface area contributed by atoms with E-state index in [1.807, 2.05) is 30.3 Å². The van der Waals surface area contributed by atoms with Crippen LogP contribution >= 0.6 is 0 Å². The lowest BCUT2D eigenvalue weighted by atomic mass is 9.96. The van der Waals surface area contributed by atoms with Crippen LogP contribution in [0, 0.1) is 5.82 Å². The molecule has 0 aliphatic carbocycles. The maximum Gasteiger partial charge on any atom is 0.251 e. The molecule has 1 aliphatic rings. The Bertz CT molecular complexity index is 831. The van der Waals surface area contributed by atoms with E-state index in [1.54, 1.807) is 0 Å². The Labute approximate surface area is 169 Å². The number of hydrogen-bond donors (Lipinski definition) is 3. The van der Waals surface area contributed by atoms with Crippen molar-refractivity contribution in [3.05, 3.63) is 71.5 Å². The number of ether oxygens (including phenoxy) is 1. The van der Waals surface area contributed by atoms with Gasteiger partial charge < -0.3 is 20.5 Å². The molecular formula is C22H25FN2O4. The van der Waals surface area contributed by atoms with Crippen molar-refractivity contribution >= 4 is 11.8 Å². The third-order valence-corrected chi connectivity index (χ3v) is 4.94. The van der Waals surface area contributed by atoms with Gasteiger partial charge in [0.15, 0.2) is 0 Å². The van der Waals surface area contributed by atoms with Gasteiger partial charge in [0, 0.05) is 12.1 Å². The zero-order valence-corrected chi connectivity index (χ0v) is 16.0. The molecule has 7 heteroatoms. The molecule has 0 saturated carbocycles. The second-order valence-corrected chi connectivity index (χ2v) is 7.11. The fourth-order valence-corrected chi connectivity index (χ4v) is 3.40. The lowest BCUT2D eigenvalue weighted by Gasteiger charge is -2.36. The van der Waals surface area contributed by atoms with Gasteiger partial charge in [-0.1, -0.05) is 36.4 Å². The topological polar surface area (TPSA) is 87.7 Å². The van der Waals surface area contributed by atoms with Crippen LogP contribution in [0.25, 0.3) is 0 Å². The maximum atomic E-state index is 13.3. The van der Waals surface area contributed by atoms with E-state index < -0.39 is 23.9 Å². The van der Waals surface area contributed by atoms with Crippen LogP contribution < -0.4 is 10.6 Å². The van der Waals surface area contributed by atoms with Crippen molar-refractivity contribution in [1.82, 2.24) is 10.6 Å². The first-order valence-corrected chi connectivity index (χ1v) is 9.68. The van der Waals surface area contributed by atoms with Gasteiger partial charge in [0.1, 0.15) is 11.9 Å². The lowest BCUT2D eigenvalue weighted by Crippen LogP contribution is -2.51. The van der Waals surface area contributed by atoms with Crippen molar-refractivity contribution in [2.75, 3.05) is 6.61 Å². The van der Waals surface area contributed by atoms with Gasteiger partial charge in [0.05, 0.1) is 25.2 Å². The summed E-state index contributed by atoms with van der Waals surface area (Å²) in [7, 11) is 0. The molecule has 1 heterocycles. The molecule has 3 atom stereocenters. The monoisotopic (exact) mass is 400 g/mol. The Morgan fingerprint density at radius 3 is 2.62 bits per heavy atom. The molecule has 1 fully saturated rings. The van der Waals surface area contributed by atoms with E-state index in [0.717, 1.165) is 11.6 Å². The summed E-state index contributed by atoms with van der Waals surface area (Å²) in [6, 6.07) is 14.6. The molecule has 3 rings (SSSR count). The predicted octanol–water partition coefficient (Wildman–Crippen LogP) is 2.17. The van der Waals surface area contributed by atoms with Crippen LogP contribution in [0.5, 0.6) is 0 Å². The molecule has 0 unspecified atom stereocenters. The Balaban J connectivity index is 1.48. The van der Waals surface area contributed by atoms with Crippen molar-refractivity contribution in [3.63, 3.8) is 0 Å². The first-order valence-electron chi connectivity index (χ1n) is 9.68. The molecule has 6 nitrogen and oxygen atoms in total. The van der Waals surface area contributed by atoms with E-state index >= 15 is 0 Å². The summed E-state index contributed by atoms with van der Waals surface area (Å²) in [5, 5.41) is 15.3. The number of nitrogens with one attached hydrogen (secondary N) is 2. The lowest BCUT2D eigenvalue weighted by molar-refractivity contribution is -0.131. The van der Waals surface area contributed by atoms with Crippen LogP contribution in [-0.4, -0.2) is 41.8 Å². The molecule has 0 radical (unpaired) electrons. The normalized spacial score (nSPS) is 21.4. The predicted molar refractivity (Wildman–Crippen MR) is 106 cm³/mol. The zero-order valence-electron chi connectivity index (χ0n) is 16.0. The van der Waals surface area contributed by atoms with Crippen molar-refractivity contribution < 1.29 is 23.8 Å². The summed E-state index contributed by atoms with van der Waals surface area (Å²) in [5.74, 6) is -1.04. The highest BCUT2D eigenvalue weighted by Crippen LogP contribution is 2.22. The van der Waals surface area contributed by atoms with Crippen molar-refractivity contribution in [3.8, 4) is 0 Å². The molecule has 154 valence electrons. The second-order valence-electron chi connectivity index (χ2n) is 7.11. The minimum atomic E-state index is -0.617. The summed E-state index contributed by atoms with van der Waals surface area (Å²) >= 11 is 0. The third kappa shape index (κ3) is 6.10. The molecule has 2 aromatic rings. The van der Waals surface area contributed by atoms with Gasteiger partial charge in [-0.3, -0.25) is 9.59 Å². The van der Waals surface area contributed by atoms with Gasteiger partial charge in [-0.15, -0.1) is 0 Å². The maximum absolute atomic E-state index is 13.3. The number of benzene rings is 2. The van der Waals surface area contributed by atoms with Gasteiger partial charge in [0.2, 0.25) is 5.91 Å². The number of aliphatic hydroxyl groups excluding tert-OH is 1.